The highest BCUT2D eigenvalue weighted by molar-refractivity contribution is 9.10. The molecule has 5 nitrogen and oxygen atoms in total. The lowest BCUT2D eigenvalue weighted by atomic mass is 10.0. The number of hydrogen-bond donors (Lipinski definition) is 2. The van der Waals surface area contributed by atoms with Crippen molar-refractivity contribution in [3.8, 4) is 0 Å². The minimum absolute atomic E-state index is 0.288. The van der Waals surface area contributed by atoms with Crippen molar-refractivity contribution in [2.75, 3.05) is 24.3 Å². The second-order valence-electron chi connectivity index (χ2n) is 4.00. The Balaban J connectivity index is 2.02. The average molecular weight is 287 g/mol. The lowest BCUT2D eigenvalue weighted by Gasteiger charge is -2.19. The molecule has 0 amide bonds. The molecule has 0 radical (unpaired) electrons. The quantitative estimate of drug-likeness (QED) is 0.827. The maximum absolute atomic E-state index is 5.64. The van der Waals surface area contributed by atoms with Crippen molar-refractivity contribution in [2.24, 2.45) is 5.92 Å². The van der Waals surface area contributed by atoms with Gasteiger partial charge in [-0.3, -0.25) is 0 Å². The van der Waals surface area contributed by atoms with Crippen LogP contribution in [0.2, 0.25) is 0 Å². The van der Waals surface area contributed by atoms with Crippen LogP contribution in [0.1, 0.15) is 13.3 Å². The largest absolute Gasteiger partial charge is 0.383 e. The molecule has 0 spiro atoms. The Bertz CT molecular complexity index is 348. The molecular formula is C10H15BrN4O. The van der Waals surface area contributed by atoms with Crippen LogP contribution in [0.4, 0.5) is 11.8 Å². The highest BCUT2D eigenvalue weighted by atomic mass is 79.9. The van der Waals surface area contributed by atoms with Gasteiger partial charge in [0.1, 0.15) is 10.4 Å². The number of nitrogen functional groups attached to an aromatic ring is 1. The zero-order valence-electron chi connectivity index (χ0n) is 9.11. The fourth-order valence-corrected chi connectivity index (χ4v) is 2.17. The number of anilines is 2. The number of rotatable bonds is 3. The maximum atomic E-state index is 5.64. The summed E-state index contributed by atoms with van der Waals surface area (Å²) in [5.74, 6) is 1.54. The maximum Gasteiger partial charge on any atom is 0.225 e. The highest BCUT2D eigenvalue weighted by Crippen LogP contribution is 2.20. The van der Waals surface area contributed by atoms with Gasteiger partial charge in [-0.15, -0.1) is 0 Å². The number of aromatic nitrogens is 2. The van der Waals surface area contributed by atoms with E-state index in [1.165, 1.54) is 0 Å². The minimum Gasteiger partial charge on any atom is -0.383 e. The molecule has 1 aromatic rings. The summed E-state index contributed by atoms with van der Waals surface area (Å²) in [6, 6.07) is 1.96. The van der Waals surface area contributed by atoms with E-state index in [2.05, 4.69) is 38.1 Å². The Hall–Kier alpha value is -0.880. The Morgan fingerprint density at radius 3 is 3.06 bits per heavy atom. The Morgan fingerprint density at radius 2 is 2.44 bits per heavy atom. The number of hydrogen-bond acceptors (Lipinski definition) is 5. The topological polar surface area (TPSA) is 73.1 Å². The zero-order valence-corrected chi connectivity index (χ0v) is 10.7. The van der Waals surface area contributed by atoms with E-state index in [0.717, 1.165) is 19.6 Å². The summed E-state index contributed by atoms with van der Waals surface area (Å²) in [5.41, 5.74) is 5.64. The molecule has 88 valence electrons. The minimum atomic E-state index is 0.288. The molecule has 1 aliphatic rings. The van der Waals surface area contributed by atoms with Crippen molar-refractivity contribution in [1.29, 1.82) is 0 Å². The van der Waals surface area contributed by atoms with E-state index in [0.29, 0.717) is 22.3 Å². The second kappa shape index (κ2) is 4.97. The smallest absolute Gasteiger partial charge is 0.225 e. The van der Waals surface area contributed by atoms with Crippen molar-refractivity contribution >= 4 is 27.7 Å². The fourth-order valence-electron chi connectivity index (χ4n) is 1.77. The molecule has 1 aliphatic heterocycles. The summed E-state index contributed by atoms with van der Waals surface area (Å²) in [6.07, 6.45) is 1.08. The van der Waals surface area contributed by atoms with Crippen LogP contribution in [0.3, 0.4) is 0 Å². The van der Waals surface area contributed by atoms with Crippen molar-refractivity contribution in [1.82, 2.24) is 9.97 Å². The third-order valence-corrected chi connectivity index (χ3v) is 3.15. The molecule has 0 aliphatic carbocycles. The van der Waals surface area contributed by atoms with E-state index >= 15 is 0 Å². The van der Waals surface area contributed by atoms with Gasteiger partial charge in [0.15, 0.2) is 0 Å². The summed E-state index contributed by atoms with van der Waals surface area (Å²) in [5, 5.41) is 3.25. The molecule has 2 unspecified atom stereocenters. The monoisotopic (exact) mass is 286 g/mol. The number of nitrogens with zero attached hydrogens (tertiary/aromatic N) is 2. The van der Waals surface area contributed by atoms with Gasteiger partial charge in [-0.2, -0.15) is 4.98 Å². The summed E-state index contributed by atoms with van der Waals surface area (Å²) in [4.78, 5) is 8.35. The van der Waals surface area contributed by atoms with E-state index in [1.54, 1.807) is 6.07 Å². The predicted molar refractivity (Wildman–Crippen MR) is 66.2 cm³/mol. The second-order valence-corrected chi connectivity index (χ2v) is 4.81. The van der Waals surface area contributed by atoms with Gasteiger partial charge < -0.3 is 15.8 Å². The first-order chi connectivity index (χ1) is 7.65. The zero-order chi connectivity index (χ0) is 11.5. The van der Waals surface area contributed by atoms with Crippen LogP contribution in [0.5, 0.6) is 0 Å². The molecule has 1 fully saturated rings. The van der Waals surface area contributed by atoms with Crippen LogP contribution in [-0.4, -0.2) is 29.2 Å². The van der Waals surface area contributed by atoms with Crippen molar-refractivity contribution in [3.05, 3.63) is 10.7 Å². The van der Waals surface area contributed by atoms with E-state index in [4.69, 9.17) is 10.5 Å². The van der Waals surface area contributed by atoms with Crippen LogP contribution in [0, 0.1) is 5.92 Å². The number of ether oxygens (including phenoxy) is 1. The fraction of sp³-hybridized carbons (Fsp3) is 0.600. The normalized spacial score (nSPS) is 22.0. The molecule has 0 bridgehead atoms. The van der Waals surface area contributed by atoms with E-state index in [-0.39, 0.29) is 6.04 Å². The lowest BCUT2D eigenvalue weighted by molar-refractivity contribution is 0.183. The summed E-state index contributed by atoms with van der Waals surface area (Å²) < 4.78 is 6.04. The average Bonchev–Trinajstić information content (AvgIpc) is 2.68. The lowest BCUT2D eigenvalue weighted by Crippen LogP contribution is -2.27. The van der Waals surface area contributed by atoms with E-state index in [9.17, 15) is 0 Å². The van der Waals surface area contributed by atoms with Gasteiger partial charge in [0.05, 0.1) is 6.61 Å². The number of halogens is 1. The van der Waals surface area contributed by atoms with Crippen LogP contribution in [0.25, 0.3) is 0 Å². The summed E-state index contributed by atoms with van der Waals surface area (Å²) >= 11 is 3.29. The molecule has 6 heteroatoms. The van der Waals surface area contributed by atoms with Crippen LogP contribution in [-0.2, 0) is 4.74 Å². The standard InChI is InChI=1S/C10H15BrN4O/c1-6(7-2-3-16-5-7)13-10-14-8(11)4-9(12)15-10/h4,6-7H,2-3,5H2,1H3,(H3,12,13,14,15). The van der Waals surface area contributed by atoms with Gasteiger partial charge in [-0.25, -0.2) is 4.98 Å². The summed E-state index contributed by atoms with van der Waals surface area (Å²) in [7, 11) is 0. The molecule has 1 aromatic heterocycles. The Morgan fingerprint density at radius 1 is 1.62 bits per heavy atom. The van der Waals surface area contributed by atoms with E-state index in [1.807, 2.05) is 0 Å². The van der Waals surface area contributed by atoms with Crippen LogP contribution < -0.4 is 11.1 Å². The highest BCUT2D eigenvalue weighted by Gasteiger charge is 2.22. The molecule has 2 heterocycles. The van der Waals surface area contributed by atoms with Gasteiger partial charge >= 0.3 is 0 Å². The third kappa shape index (κ3) is 2.82. The molecule has 0 aromatic carbocycles. The summed E-state index contributed by atoms with van der Waals surface area (Å²) in [6.45, 7) is 3.76. The SMILES string of the molecule is CC(Nc1nc(N)cc(Br)n1)C1CCOC1. The molecule has 3 N–H and O–H groups in total. The van der Waals surface area contributed by atoms with Gasteiger partial charge in [-0.1, -0.05) is 0 Å². The number of nitrogens with one attached hydrogen (secondary N) is 1. The van der Waals surface area contributed by atoms with Crippen LogP contribution in [0.15, 0.2) is 10.7 Å². The van der Waals surface area contributed by atoms with Crippen LogP contribution >= 0.6 is 15.9 Å². The van der Waals surface area contributed by atoms with Gasteiger partial charge in [0.25, 0.3) is 0 Å². The molecule has 1 saturated heterocycles. The van der Waals surface area contributed by atoms with Gasteiger partial charge in [0.2, 0.25) is 5.95 Å². The first-order valence-corrected chi connectivity index (χ1v) is 6.09. The first-order valence-electron chi connectivity index (χ1n) is 5.29. The third-order valence-electron chi connectivity index (χ3n) is 2.74. The first kappa shape index (κ1) is 11.6. The molecular weight excluding hydrogens is 272 g/mol. The van der Waals surface area contributed by atoms with Crippen molar-refractivity contribution in [3.63, 3.8) is 0 Å². The Kier molecular flexibility index (Phi) is 3.60. The number of nitrogens with two attached hydrogens (primary N) is 1. The van der Waals surface area contributed by atoms with Crippen molar-refractivity contribution < 1.29 is 4.74 Å². The predicted octanol–water partition coefficient (Wildman–Crippen LogP) is 1.66. The Labute approximate surface area is 103 Å². The van der Waals surface area contributed by atoms with E-state index < -0.39 is 0 Å². The molecule has 2 atom stereocenters. The van der Waals surface area contributed by atoms with Crippen molar-refractivity contribution in [2.45, 2.75) is 19.4 Å². The van der Waals surface area contributed by atoms with Gasteiger partial charge in [-0.05, 0) is 29.3 Å². The molecule has 0 saturated carbocycles. The molecule has 2 rings (SSSR count). The molecule has 16 heavy (non-hydrogen) atoms. The van der Waals surface area contributed by atoms with Gasteiger partial charge in [0, 0.05) is 24.6 Å².